The van der Waals surface area contributed by atoms with Gasteiger partial charge >= 0.3 is 0 Å². The van der Waals surface area contributed by atoms with Gasteiger partial charge in [-0.1, -0.05) is 6.07 Å². The molecule has 92 valence electrons. The van der Waals surface area contributed by atoms with Gasteiger partial charge in [0.2, 0.25) is 0 Å². The van der Waals surface area contributed by atoms with Crippen molar-refractivity contribution in [3.63, 3.8) is 0 Å². The molecule has 0 unspecified atom stereocenters. The summed E-state index contributed by atoms with van der Waals surface area (Å²) >= 11 is 0. The van der Waals surface area contributed by atoms with Crippen LogP contribution in [0.1, 0.15) is 11.4 Å². The Kier molecular flexibility index (Phi) is 2.60. The van der Waals surface area contributed by atoms with Crippen LogP contribution in [-0.4, -0.2) is 19.3 Å². The maximum atomic E-state index is 5.65. The predicted molar refractivity (Wildman–Crippen MR) is 69.9 cm³/mol. The van der Waals surface area contributed by atoms with Crippen molar-refractivity contribution in [3.8, 4) is 0 Å². The quantitative estimate of drug-likeness (QED) is 0.751. The zero-order valence-electron chi connectivity index (χ0n) is 10.2. The smallest absolute Gasteiger partial charge is 0.146 e. The molecule has 2 aromatic heterocycles. The minimum absolute atomic E-state index is 0.574. The molecule has 0 saturated heterocycles. The van der Waals surface area contributed by atoms with Crippen LogP contribution in [0.15, 0.2) is 36.8 Å². The minimum Gasteiger partial charge on any atom is -0.340 e. The van der Waals surface area contributed by atoms with E-state index in [1.54, 1.807) is 11.0 Å². The van der Waals surface area contributed by atoms with Crippen LogP contribution in [0.2, 0.25) is 0 Å². The maximum absolute atomic E-state index is 5.65. The Labute approximate surface area is 105 Å². The van der Waals surface area contributed by atoms with Crippen molar-refractivity contribution in [1.82, 2.24) is 19.3 Å². The first kappa shape index (κ1) is 11.0. The van der Waals surface area contributed by atoms with Crippen LogP contribution in [0, 0.1) is 0 Å². The van der Waals surface area contributed by atoms with E-state index in [0.717, 1.165) is 17.9 Å². The normalized spacial score (nSPS) is 11.2. The molecule has 0 aliphatic rings. The summed E-state index contributed by atoms with van der Waals surface area (Å²) in [7, 11) is 1.90. The lowest BCUT2D eigenvalue weighted by atomic mass is 10.1. The lowest BCUT2D eigenvalue weighted by Crippen LogP contribution is -2.05. The largest absolute Gasteiger partial charge is 0.340 e. The van der Waals surface area contributed by atoms with E-state index in [1.165, 1.54) is 10.9 Å². The highest BCUT2D eigenvalue weighted by Crippen LogP contribution is 2.18. The van der Waals surface area contributed by atoms with E-state index in [9.17, 15) is 0 Å². The first-order chi connectivity index (χ1) is 8.78. The second-order valence-corrected chi connectivity index (χ2v) is 4.34. The van der Waals surface area contributed by atoms with Gasteiger partial charge in [-0.25, -0.2) is 4.98 Å². The number of rotatable bonds is 3. The molecule has 1 aromatic carbocycles. The number of fused-ring (bicyclic) bond motifs is 1. The topological polar surface area (TPSA) is 61.7 Å². The van der Waals surface area contributed by atoms with Crippen LogP contribution in [-0.2, 0) is 20.1 Å². The third-order valence-electron chi connectivity index (χ3n) is 3.19. The van der Waals surface area contributed by atoms with Crippen LogP contribution in [0.3, 0.4) is 0 Å². The Morgan fingerprint density at radius 2 is 2.17 bits per heavy atom. The summed E-state index contributed by atoms with van der Waals surface area (Å²) in [6, 6.07) is 8.40. The molecule has 0 bridgehead atoms. The second-order valence-electron chi connectivity index (χ2n) is 4.34. The van der Waals surface area contributed by atoms with Gasteiger partial charge in [0, 0.05) is 25.3 Å². The molecule has 0 aliphatic carbocycles. The Bertz CT molecular complexity index is 680. The number of aromatic nitrogens is 4. The number of benzene rings is 1. The van der Waals surface area contributed by atoms with Crippen LogP contribution in [0.5, 0.6) is 0 Å². The third-order valence-corrected chi connectivity index (χ3v) is 3.19. The van der Waals surface area contributed by atoms with E-state index in [1.807, 2.05) is 7.05 Å². The molecule has 5 heteroatoms. The van der Waals surface area contributed by atoms with Gasteiger partial charge in [0.25, 0.3) is 0 Å². The molecule has 0 saturated carbocycles. The maximum Gasteiger partial charge on any atom is 0.146 e. The van der Waals surface area contributed by atoms with Crippen LogP contribution in [0.25, 0.3) is 10.9 Å². The van der Waals surface area contributed by atoms with Crippen molar-refractivity contribution in [2.75, 3.05) is 0 Å². The summed E-state index contributed by atoms with van der Waals surface area (Å²) in [6.45, 7) is 1.30. The van der Waals surface area contributed by atoms with Crippen molar-refractivity contribution < 1.29 is 0 Å². The number of hydrogen-bond acceptors (Lipinski definition) is 3. The van der Waals surface area contributed by atoms with Crippen LogP contribution < -0.4 is 5.73 Å². The molecule has 5 nitrogen and oxygen atoms in total. The molecule has 3 rings (SSSR count). The molecule has 18 heavy (non-hydrogen) atoms. The average molecular weight is 241 g/mol. The summed E-state index contributed by atoms with van der Waals surface area (Å²) in [6.07, 6.45) is 3.65. The molecule has 0 spiro atoms. The molecule has 3 aromatic rings. The standard InChI is InChI=1S/C13H15N5/c1-17-13(15-9-16-17)8-18-5-4-11-6-10(7-14)2-3-12(11)18/h2-6,9H,7-8,14H2,1H3. The van der Waals surface area contributed by atoms with Crippen LogP contribution in [0.4, 0.5) is 0 Å². The highest BCUT2D eigenvalue weighted by atomic mass is 15.3. The lowest BCUT2D eigenvalue weighted by Gasteiger charge is -2.05. The molecule has 2 heterocycles. The highest BCUT2D eigenvalue weighted by molar-refractivity contribution is 5.80. The number of hydrogen-bond donors (Lipinski definition) is 1. The van der Waals surface area contributed by atoms with E-state index in [0.29, 0.717) is 6.54 Å². The Hall–Kier alpha value is -2.14. The Morgan fingerprint density at radius 1 is 1.28 bits per heavy atom. The second kappa shape index (κ2) is 4.27. The molecule has 2 N–H and O–H groups in total. The fourth-order valence-electron chi connectivity index (χ4n) is 2.13. The molecular formula is C13H15N5. The van der Waals surface area contributed by atoms with Gasteiger partial charge < -0.3 is 10.3 Å². The Balaban J connectivity index is 2.00. The zero-order chi connectivity index (χ0) is 12.5. The summed E-state index contributed by atoms with van der Waals surface area (Å²) < 4.78 is 3.96. The minimum atomic E-state index is 0.574. The number of nitrogens with two attached hydrogens (primary N) is 1. The summed E-state index contributed by atoms with van der Waals surface area (Å²) in [5.41, 5.74) is 7.99. The van der Waals surface area contributed by atoms with E-state index in [2.05, 4.69) is 45.1 Å². The van der Waals surface area contributed by atoms with Gasteiger partial charge in [-0.3, -0.25) is 4.68 Å². The highest BCUT2D eigenvalue weighted by Gasteiger charge is 2.05. The lowest BCUT2D eigenvalue weighted by molar-refractivity contribution is 0.664. The molecule has 0 amide bonds. The monoisotopic (exact) mass is 241 g/mol. The first-order valence-electron chi connectivity index (χ1n) is 5.88. The van der Waals surface area contributed by atoms with Crippen molar-refractivity contribution in [1.29, 1.82) is 0 Å². The summed E-state index contributed by atoms with van der Waals surface area (Å²) in [5, 5.41) is 5.29. The fourth-order valence-corrected chi connectivity index (χ4v) is 2.13. The molecule has 0 atom stereocenters. The van der Waals surface area contributed by atoms with Gasteiger partial charge in [-0.2, -0.15) is 5.10 Å². The Morgan fingerprint density at radius 3 is 2.89 bits per heavy atom. The van der Waals surface area contributed by atoms with Gasteiger partial charge in [0.05, 0.1) is 6.54 Å². The zero-order valence-corrected chi connectivity index (χ0v) is 10.2. The fraction of sp³-hybridized carbons (Fsp3) is 0.231. The van der Waals surface area contributed by atoms with Crippen molar-refractivity contribution in [3.05, 3.63) is 48.2 Å². The molecular weight excluding hydrogens is 226 g/mol. The molecule has 0 fully saturated rings. The van der Waals surface area contributed by atoms with E-state index >= 15 is 0 Å². The summed E-state index contributed by atoms with van der Waals surface area (Å²) in [5.74, 6) is 0.940. The third kappa shape index (κ3) is 1.78. The predicted octanol–water partition coefficient (Wildman–Crippen LogP) is 1.28. The molecule has 0 radical (unpaired) electrons. The van der Waals surface area contributed by atoms with Gasteiger partial charge in [-0.05, 0) is 29.1 Å². The SMILES string of the molecule is Cn1ncnc1Cn1ccc2cc(CN)ccc21. The number of nitrogens with zero attached hydrogens (tertiary/aromatic N) is 4. The van der Waals surface area contributed by atoms with Crippen molar-refractivity contribution in [2.24, 2.45) is 12.8 Å². The molecule has 0 aliphatic heterocycles. The average Bonchev–Trinajstić information content (AvgIpc) is 2.97. The first-order valence-corrected chi connectivity index (χ1v) is 5.88. The van der Waals surface area contributed by atoms with E-state index < -0.39 is 0 Å². The van der Waals surface area contributed by atoms with E-state index in [-0.39, 0.29) is 0 Å². The number of aryl methyl sites for hydroxylation is 1. The van der Waals surface area contributed by atoms with Gasteiger partial charge in [-0.15, -0.1) is 0 Å². The van der Waals surface area contributed by atoms with E-state index in [4.69, 9.17) is 5.73 Å². The van der Waals surface area contributed by atoms with Crippen molar-refractivity contribution >= 4 is 10.9 Å². The van der Waals surface area contributed by atoms with Gasteiger partial charge in [0.15, 0.2) is 0 Å². The van der Waals surface area contributed by atoms with Crippen LogP contribution >= 0.6 is 0 Å². The van der Waals surface area contributed by atoms with Crippen molar-refractivity contribution in [2.45, 2.75) is 13.1 Å². The summed E-state index contributed by atoms with van der Waals surface area (Å²) in [4.78, 5) is 4.24. The van der Waals surface area contributed by atoms with Gasteiger partial charge in [0.1, 0.15) is 12.2 Å².